The number of aromatic nitrogens is 2. The Morgan fingerprint density at radius 2 is 2.22 bits per heavy atom. The molecule has 0 aliphatic rings. The first-order chi connectivity index (χ1) is 8.57. The molecule has 100 valence electrons. The lowest BCUT2D eigenvalue weighted by atomic mass is 9.89. The summed E-state index contributed by atoms with van der Waals surface area (Å²) in [6, 6.07) is 2.31. The highest BCUT2D eigenvalue weighted by Gasteiger charge is 2.15. The smallest absolute Gasteiger partial charge is 0.157 e. The lowest BCUT2D eigenvalue weighted by Gasteiger charge is -2.14. The van der Waals surface area contributed by atoms with E-state index in [-0.39, 0.29) is 5.41 Å². The van der Waals surface area contributed by atoms with Crippen molar-refractivity contribution in [1.29, 1.82) is 5.26 Å². The van der Waals surface area contributed by atoms with E-state index in [2.05, 4.69) is 18.1 Å². The van der Waals surface area contributed by atoms with Crippen LogP contribution in [0, 0.1) is 16.7 Å². The molecule has 4 heteroatoms. The second-order valence-corrected chi connectivity index (χ2v) is 5.24. The second-order valence-electron chi connectivity index (χ2n) is 5.24. The normalized spacial score (nSPS) is 11.2. The number of rotatable bonds is 8. The van der Waals surface area contributed by atoms with Crippen LogP contribution < -0.4 is 4.74 Å². The summed E-state index contributed by atoms with van der Waals surface area (Å²) in [5.41, 5.74) is -0.216. The van der Waals surface area contributed by atoms with Crippen molar-refractivity contribution in [3.63, 3.8) is 0 Å². The van der Waals surface area contributed by atoms with Crippen LogP contribution in [0.1, 0.15) is 46.5 Å². The van der Waals surface area contributed by atoms with Gasteiger partial charge < -0.3 is 4.74 Å². The van der Waals surface area contributed by atoms with Crippen molar-refractivity contribution in [2.24, 2.45) is 5.41 Å². The van der Waals surface area contributed by atoms with Crippen LogP contribution in [0.15, 0.2) is 12.4 Å². The number of hydrogen-bond acceptors (Lipinski definition) is 3. The van der Waals surface area contributed by atoms with E-state index < -0.39 is 0 Å². The summed E-state index contributed by atoms with van der Waals surface area (Å²) in [4.78, 5) is 0. The van der Waals surface area contributed by atoms with E-state index >= 15 is 0 Å². The largest absolute Gasteiger partial charge is 0.490 e. The summed E-state index contributed by atoms with van der Waals surface area (Å²) in [5, 5.41) is 13.1. The molecule has 0 fully saturated rings. The van der Waals surface area contributed by atoms with Crippen LogP contribution >= 0.6 is 0 Å². The van der Waals surface area contributed by atoms with E-state index in [9.17, 15) is 0 Å². The minimum atomic E-state index is -0.216. The van der Waals surface area contributed by atoms with Gasteiger partial charge in [0, 0.05) is 6.54 Å². The first kappa shape index (κ1) is 14.6. The zero-order chi connectivity index (χ0) is 13.4. The molecule has 1 aromatic heterocycles. The molecule has 0 radical (unpaired) electrons. The molecule has 0 N–H and O–H groups in total. The Labute approximate surface area is 110 Å². The highest BCUT2D eigenvalue weighted by atomic mass is 16.5. The molecule has 0 bridgehead atoms. The van der Waals surface area contributed by atoms with E-state index in [4.69, 9.17) is 10.00 Å². The summed E-state index contributed by atoms with van der Waals surface area (Å²) in [5.74, 6) is 0.836. The first-order valence-corrected chi connectivity index (χ1v) is 6.64. The van der Waals surface area contributed by atoms with Crippen LogP contribution in [0.4, 0.5) is 0 Å². The standard InChI is InChI=1S/C14H23N3O/c1-4-8-17-11-13(10-16-17)18-9-6-5-7-14(2,3)12-15/h10-11H,4-9H2,1-3H3. The van der Waals surface area contributed by atoms with Gasteiger partial charge in [-0.3, -0.25) is 4.68 Å². The quantitative estimate of drug-likeness (QED) is 0.663. The Hall–Kier alpha value is -1.50. The molecule has 1 aromatic rings. The van der Waals surface area contributed by atoms with Gasteiger partial charge in [0.25, 0.3) is 0 Å². The van der Waals surface area contributed by atoms with Crippen LogP contribution in [-0.4, -0.2) is 16.4 Å². The predicted octanol–water partition coefficient (Wildman–Crippen LogP) is 3.39. The molecule has 4 nitrogen and oxygen atoms in total. The minimum Gasteiger partial charge on any atom is -0.490 e. The number of nitrogens with zero attached hydrogens (tertiary/aromatic N) is 3. The van der Waals surface area contributed by atoms with Crippen LogP contribution in [0.5, 0.6) is 5.75 Å². The maximum Gasteiger partial charge on any atom is 0.157 e. The van der Waals surface area contributed by atoms with Gasteiger partial charge in [0.15, 0.2) is 5.75 Å². The van der Waals surface area contributed by atoms with Crippen LogP contribution in [0.2, 0.25) is 0 Å². The van der Waals surface area contributed by atoms with Crippen molar-refractivity contribution in [2.75, 3.05) is 6.61 Å². The second kappa shape index (κ2) is 7.05. The first-order valence-electron chi connectivity index (χ1n) is 6.64. The molecule has 0 aliphatic heterocycles. The lowest BCUT2D eigenvalue weighted by Crippen LogP contribution is -2.08. The molecule has 0 saturated heterocycles. The van der Waals surface area contributed by atoms with Gasteiger partial charge in [-0.05, 0) is 39.5 Å². The molecule has 0 aromatic carbocycles. The van der Waals surface area contributed by atoms with Gasteiger partial charge in [0.2, 0.25) is 0 Å². The Morgan fingerprint density at radius 3 is 2.89 bits per heavy atom. The molecule has 0 unspecified atom stereocenters. The van der Waals surface area contributed by atoms with Crippen molar-refractivity contribution in [3.05, 3.63) is 12.4 Å². The molecule has 18 heavy (non-hydrogen) atoms. The topological polar surface area (TPSA) is 50.8 Å². The predicted molar refractivity (Wildman–Crippen MR) is 71.3 cm³/mol. The fourth-order valence-corrected chi connectivity index (χ4v) is 1.69. The van der Waals surface area contributed by atoms with Gasteiger partial charge in [-0.25, -0.2) is 0 Å². The third-order valence-corrected chi connectivity index (χ3v) is 2.83. The number of hydrogen-bond donors (Lipinski definition) is 0. The Kier molecular flexibility index (Phi) is 5.70. The van der Waals surface area contributed by atoms with Gasteiger partial charge in [0.1, 0.15) is 0 Å². The molecule has 0 atom stereocenters. The van der Waals surface area contributed by atoms with Crippen molar-refractivity contribution >= 4 is 0 Å². The summed E-state index contributed by atoms with van der Waals surface area (Å²) < 4.78 is 7.51. The highest BCUT2D eigenvalue weighted by molar-refractivity contribution is 5.11. The Balaban J connectivity index is 2.16. The highest BCUT2D eigenvalue weighted by Crippen LogP contribution is 2.21. The maximum atomic E-state index is 8.89. The van der Waals surface area contributed by atoms with Crippen molar-refractivity contribution in [2.45, 2.75) is 53.0 Å². The molecular formula is C14H23N3O. The third kappa shape index (κ3) is 5.22. The van der Waals surface area contributed by atoms with Crippen LogP contribution in [0.25, 0.3) is 0 Å². The molecule has 0 saturated carbocycles. The summed E-state index contributed by atoms with van der Waals surface area (Å²) in [6.45, 7) is 7.70. The Morgan fingerprint density at radius 1 is 1.44 bits per heavy atom. The average molecular weight is 249 g/mol. The maximum absolute atomic E-state index is 8.89. The number of ether oxygens (including phenoxy) is 1. The summed E-state index contributed by atoms with van der Waals surface area (Å²) in [7, 11) is 0. The van der Waals surface area contributed by atoms with Gasteiger partial charge >= 0.3 is 0 Å². The molecule has 0 spiro atoms. The van der Waals surface area contributed by atoms with Gasteiger partial charge in [0.05, 0.1) is 30.5 Å². The van der Waals surface area contributed by atoms with E-state index in [0.29, 0.717) is 6.61 Å². The van der Waals surface area contributed by atoms with Crippen molar-refractivity contribution in [3.8, 4) is 11.8 Å². The van der Waals surface area contributed by atoms with Gasteiger partial charge in [-0.2, -0.15) is 10.4 Å². The van der Waals surface area contributed by atoms with Gasteiger partial charge in [-0.1, -0.05) is 6.92 Å². The van der Waals surface area contributed by atoms with Crippen LogP contribution in [0.3, 0.4) is 0 Å². The SMILES string of the molecule is CCCn1cc(OCCCCC(C)(C)C#N)cn1. The van der Waals surface area contributed by atoms with E-state index in [1.54, 1.807) is 6.20 Å². The number of unbranched alkanes of at least 4 members (excludes halogenated alkanes) is 1. The molecule has 0 amide bonds. The lowest BCUT2D eigenvalue weighted by molar-refractivity contribution is 0.294. The van der Waals surface area contributed by atoms with Gasteiger partial charge in [-0.15, -0.1) is 0 Å². The fourth-order valence-electron chi connectivity index (χ4n) is 1.69. The molecule has 1 rings (SSSR count). The number of aryl methyl sites for hydroxylation is 1. The van der Waals surface area contributed by atoms with Crippen LogP contribution in [-0.2, 0) is 6.54 Å². The molecule has 0 aliphatic carbocycles. The molecular weight excluding hydrogens is 226 g/mol. The third-order valence-electron chi connectivity index (χ3n) is 2.83. The van der Waals surface area contributed by atoms with Crippen molar-refractivity contribution < 1.29 is 4.74 Å². The molecule has 1 heterocycles. The monoisotopic (exact) mass is 249 g/mol. The minimum absolute atomic E-state index is 0.216. The summed E-state index contributed by atoms with van der Waals surface area (Å²) in [6.07, 6.45) is 7.68. The zero-order valence-electron chi connectivity index (χ0n) is 11.6. The zero-order valence-corrected chi connectivity index (χ0v) is 11.6. The van der Waals surface area contributed by atoms with Crippen molar-refractivity contribution in [1.82, 2.24) is 9.78 Å². The van der Waals surface area contributed by atoms with E-state index in [0.717, 1.165) is 38.0 Å². The van der Waals surface area contributed by atoms with E-state index in [1.807, 2.05) is 24.7 Å². The fraction of sp³-hybridized carbons (Fsp3) is 0.714. The summed E-state index contributed by atoms with van der Waals surface area (Å²) >= 11 is 0. The Bertz CT molecular complexity index is 390. The van der Waals surface area contributed by atoms with E-state index in [1.165, 1.54) is 0 Å². The number of nitriles is 1. The average Bonchev–Trinajstić information content (AvgIpc) is 2.77.